The van der Waals surface area contributed by atoms with Gasteiger partial charge in [-0.05, 0) is 54.1 Å². The van der Waals surface area contributed by atoms with E-state index in [1.807, 2.05) is 29.0 Å². The van der Waals surface area contributed by atoms with Gasteiger partial charge >= 0.3 is 5.97 Å². The second kappa shape index (κ2) is 7.85. The lowest BCUT2D eigenvalue weighted by Crippen LogP contribution is -2.26. The van der Waals surface area contributed by atoms with Gasteiger partial charge in [0, 0.05) is 4.88 Å². The minimum absolute atomic E-state index is 0.0232. The Kier molecular flexibility index (Phi) is 5.07. The van der Waals surface area contributed by atoms with Crippen molar-refractivity contribution in [1.82, 2.24) is 9.55 Å². The van der Waals surface area contributed by atoms with Crippen molar-refractivity contribution < 1.29 is 9.53 Å². The zero-order chi connectivity index (χ0) is 19.8. The monoisotopic (exact) mass is 442 g/mol. The molecule has 29 heavy (non-hydrogen) atoms. The molecule has 4 aromatic rings. The van der Waals surface area contributed by atoms with Gasteiger partial charge in [-0.1, -0.05) is 12.1 Å². The molecule has 0 radical (unpaired) electrons. The van der Waals surface area contributed by atoms with Crippen molar-refractivity contribution in [3.05, 3.63) is 60.7 Å². The van der Waals surface area contributed by atoms with Crippen LogP contribution in [0.3, 0.4) is 0 Å². The molecule has 0 saturated carbocycles. The first-order valence-corrected chi connectivity index (χ1v) is 12.1. The number of rotatable bonds is 5. The van der Waals surface area contributed by atoms with E-state index in [4.69, 9.17) is 9.72 Å². The summed E-state index contributed by atoms with van der Waals surface area (Å²) in [4.78, 5) is 34.2. The molecular weight excluding hydrogens is 424 g/mol. The Labute approximate surface area is 179 Å². The Hall–Kier alpha value is -2.29. The number of hydrogen-bond acceptors (Lipinski definition) is 7. The Bertz CT molecular complexity index is 1220. The first-order valence-electron chi connectivity index (χ1n) is 9.52. The second-order valence-corrected chi connectivity index (χ2v) is 9.85. The van der Waals surface area contributed by atoms with Crippen molar-refractivity contribution in [1.29, 1.82) is 0 Å². The maximum Gasteiger partial charge on any atom is 0.348 e. The standard InChI is InChI=1S/C21H18N2O3S3/c24-20-17-13-5-1-2-6-14(13)29-19(17)22-18(15-7-3-11-27-15)23(20)9-10-26-21(25)16-8-4-12-28-16/h3-4,7-8,11-12H,1-2,5-6,9-10H2. The summed E-state index contributed by atoms with van der Waals surface area (Å²) in [6.07, 6.45) is 4.26. The molecule has 0 N–H and O–H groups in total. The highest BCUT2D eigenvalue weighted by molar-refractivity contribution is 7.19. The predicted octanol–water partition coefficient (Wildman–Crippen LogP) is 4.98. The fourth-order valence-electron chi connectivity index (χ4n) is 3.74. The topological polar surface area (TPSA) is 61.2 Å². The van der Waals surface area contributed by atoms with Crippen LogP contribution < -0.4 is 5.56 Å². The van der Waals surface area contributed by atoms with E-state index in [1.54, 1.807) is 33.3 Å². The van der Waals surface area contributed by atoms with Crippen LogP contribution in [0.15, 0.2) is 39.8 Å². The zero-order valence-electron chi connectivity index (χ0n) is 15.6. The summed E-state index contributed by atoms with van der Waals surface area (Å²) in [6.45, 7) is 0.422. The summed E-state index contributed by atoms with van der Waals surface area (Å²) in [5.74, 6) is 0.302. The summed E-state index contributed by atoms with van der Waals surface area (Å²) < 4.78 is 7.09. The number of ether oxygens (including phenoxy) is 1. The maximum atomic E-state index is 13.5. The summed E-state index contributed by atoms with van der Waals surface area (Å²) in [6, 6.07) is 7.48. The lowest BCUT2D eigenvalue weighted by molar-refractivity contribution is 0.0496. The number of fused-ring (bicyclic) bond motifs is 3. The Balaban J connectivity index is 1.53. The van der Waals surface area contributed by atoms with E-state index in [-0.39, 0.29) is 24.7 Å². The lowest BCUT2D eigenvalue weighted by Gasteiger charge is -2.13. The van der Waals surface area contributed by atoms with Crippen LogP contribution in [0.5, 0.6) is 0 Å². The molecule has 4 heterocycles. The molecule has 4 aromatic heterocycles. The van der Waals surface area contributed by atoms with E-state index >= 15 is 0 Å². The number of hydrogen-bond donors (Lipinski definition) is 0. The Morgan fingerprint density at radius 1 is 1.14 bits per heavy atom. The third kappa shape index (κ3) is 3.45. The highest BCUT2D eigenvalue weighted by Crippen LogP contribution is 2.35. The first-order chi connectivity index (χ1) is 14.2. The van der Waals surface area contributed by atoms with Gasteiger partial charge in [0.1, 0.15) is 16.3 Å². The van der Waals surface area contributed by atoms with E-state index < -0.39 is 0 Å². The van der Waals surface area contributed by atoms with Gasteiger partial charge in [-0.3, -0.25) is 9.36 Å². The molecule has 0 unspecified atom stereocenters. The fraction of sp³-hybridized carbons (Fsp3) is 0.286. The van der Waals surface area contributed by atoms with Gasteiger partial charge < -0.3 is 4.74 Å². The van der Waals surface area contributed by atoms with Crippen molar-refractivity contribution in [2.45, 2.75) is 32.2 Å². The number of carbonyl (C=O) groups excluding carboxylic acids is 1. The average molecular weight is 443 g/mol. The molecule has 5 nitrogen and oxygen atoms in total. The van der Waals surface area contributed by atoms with E-state index in [0.29, 0.717) is 10.7 Å². The molecule has 0 atom stereocenters. The number of aryl methyl sites for hydroxylation is 2. The van der Waals surface area contributed by atoms with Gasteiger partial charge in [-0.15, -0.1) is 34.0 Å². The Morgan fingerprint density at radius 3 is 2.76 bits per heavy atom. The van der Waals surface area contributed by atoms with Gasteiger partial charge in [-0.2, -0.15) is 0 Å². The normalized spacial score (nSPS) is 13.5. The largest absolute Gasteiger partial charge is 0.460 e. The predicted molar refractivity (Wildman–Crippen MR) is 118 cm³/mol. The van der Waals surface area contributed by atoms with Crippen LogP contribution in [0.2, 0.25) is 0 Å². The van der Waals surface area contributed by atoms with Gasteiger partial charge in [0.25, 0.3) is 5.56 Å². The lowest BCUT2D eigenvalue weighted by atomic mass is 9.97. The smallest absolute Gasteiger partial charge is 0.348 e. The molecule has 8 heteroatoms. The molecule has 0 amide bonds. The first kappa shape index (κ1) is 18.7. The van der Waals surface area contributed by atoms with Crippen molar-refractivity contribution >= 4 is 50.2 Å². The molecule has 0 aromatic carbocycles. The molecule has 1 aliphatic rings. The van der Waals surface area contributed by atoms with Crippen molar-refractivity contribution in [2.24, 2.45) is 0 Å². The molecule has 148 valence electrons. The molecular formula is C21H18N2O3S3. The summed E-state index contributed by atoms with van der Waals surface area (Å²) in [7, 11) is 0. The number of carbonyl (C=O) groups is 1. The number of aromatic nitrogens is 2. The van der Waals surface area contributed by atoms with Crippen LogP contribution in [0.4, 0.5) is 0 Å². The Morgan fingerprint density at radius 2 is 1.97 bits per heavy atom. The molecule has 1 aliphatic carbocycles. The quantitative estimate of drug-likeness (QED) is 0.409. The van der Waals surface area contributed by atoms with Crippen LogP contribution in [0, 0.1) is 0 Å². The molecule has 0 aliphatic heterocycles. The van der Waals surface area contributed by atoms with Crippen LogP contribution in [0.1, 0.15) is 33.0 Å². The molecule has 0 fully saturated rings. The van der Waals surface area contributed by atoms with E-state index in [1.165, 1.54) is 28.2 Å². The number of thiophene rings is 3. The third-order valence-corrected chi connectivity index (χ3v) is 7.99. The number of nitrogens with zero attached hydrogens (tertiary/aromatic N) is 2. The second-order valence-electron chi connectivity index (χ2n) is 6.87. The molecule has 0 bridgehead atoms. The van der Waals surface area contributed by atoms with Crippen LogP contribution >= 0.6 is 34.0 Å². The van der Waals surface area contributed by atoms with Crippen molar-refractivity contribution in [3.8, 4) is 10.7 Å². The maximum absolute atomic E-state index is 13.5. The van der Waals surface area contributed by atoms with E-state index in [2.05, 4.69) is 0 Å². The highest BCUT2D eigenvalue weighted by atomic mass is 32.1. The number of esters is 1. The van der Waals surface area contributed by atoms with E-state index in [9.17, 15) is 9.59 Å². The SMILES string of the molecule is O=C(OCCn1c(-c2cccs2)nc2sc3c(c2c1=O)CCCC3)c1cccs1. The summed E-state index contributed by atoms with van der Waals surface area (Å²) in [5, 5.41) is 4.58. The van der Waals surface area contributed by atoms with Gasteiger partial charge in [0.2, 0.25) is 0 Å². The molecule has 0 saturated heterocycles. The zero-order valence-corrected chi connectivity index (χ0v) is 18.0. The average Bonchev–Trinajstić information content (AvgIpc) is 3.49. The molecule has 0 spiro atoms. The highest BCUT2D eigenvalue weighted by Gasteiger charge is 2.23. The van der Waals surface area contributed by atoms with Crippen LogP contribution in [-0.2, 0) is 24.1 Å². The van der Waals surface area contributed by atoms with Crippen LogP contribution in [0.25, 0.3) is 20.9 Å². The summed E-state index contributed by atoms with van der Waals surface area (Å²) in [5.41, 5.74) is 1.15. The van der Waals surface area contributed by atoms with Crippen LogP contribution in [-0.4, -0.2) is 22.1 Å². The van der Waals surface area contributed by atoms with Crippen molar-refractivity contribution in [3.63, 3.8) is 0 Å². The van der Waals surface area contributed by atoms with Gasteiger partial charge in [0.05, 0.1) is 16.8 Å². The molecule has 5 rings (SSSR count). The van der Waals surface area contributed by atoms with E-state index in [0.717, 1.165) is 34.4 Å². The summed E-state index contributed by atoms with van der Waals surface area (Å²) >= 11 is 4.56. The minimum Gasteiger partial charge on any atom is -0.460 e. The minimum atomic E-state index is -0.354. The van der Waals surface area contributed by atoms with Gasteiger partial charge in [-0.25, -0.2) is 9.78 Å². The van der Waals surface area contributed by atoms with Crippen molar-refractivity contribution in [2.75, 3.05) is 6.61 Å². The third-order valence-electron chi connectivity index (χ3n) is 5.09. The fourth-order valence-corrected chi connectivity index (χ4v) is 6.33. The van der Waals surface area contributed by atoms with Gasteiger partial charge in [0.15, 0.2) is 5.82 Å².